The fourth-order valence-electron chi connectivity index (χ4n) is 4.73. The van der Waals surface area contributed by atoms with Crippen molar-refractivity contribution < 1.29 is 4.11 Å². The van der Waals surface area contributed by atoms with Crippen LogP contribution in [0.1, 0.15) is 40.5 Å². The van der Waals surface area contributed by atoms with Gasteiger partial charge in [0, 0.05) is 0 Å². The van der Waals surface area contributed by atoms with Gasteiger partial charge in [0.2, 0.25) is 0 Å². The standard InChI is InChI=1S/C14H38FN3Si4/c1-11-13(3)22(15,14(4)12-2)18-20(7,8)16-19(5,6)17-21(18,9)10/h13-14,16-17H,11-12H2,1-10H3. The predicted molar refractivity (Wildman–Crippen MR) is 107 cm³/mol. The number of nitrogens with zero attached hydrogens (tertiary/aromatic N) is 1. The van der Waals surface area contributed by atoms with E-state index in [2.05, 4.69) is 80.2 Å². The highest BCUT2D eigenvalue weighted by molar-refractivity contribution is 7.11. The number of halogens is 1. The topological polar surface area (TPSA) is 27.3 Å². The molecule has 0 radical (unpaired) electrons. The molecule has 0 aromatic rings. The van der Waals surface area contributed by atoms with Crippen LogP contribution >= 0.6 is 0 Å². The van der Waals surface area contributed by atoms with Crippen molar-refractivity contribution in [2.75, 3.05) is 0 Å². The Labute approximate surface area is 142 Å². The van der Waals surface area contributed by atoms with Crippen LogP contribution in [0.5, 0.6) is 0 Å². The molecule has 1 aliphatic rings. The molecule has 0 aromatic heterocycles. The predicted octanol–water partition coefficient (Wildman–Crippen LogP) is 4.60. The summed E-state index contributed by atoms with van der Waals surface area (Å²) in [6.45, 7) is 22.6. The molecule has 132 valence electrons. The first-order valence-electron chi connectivity index (χ1n) is 8.82. The van der Waals surface area contributed by atoms with Crippen LogP contribution in [-0.4, -0.2) is 37.7 Å². The van der Waals surface area contributed by atoms with E-state index in [1.54, 1.807) is 0 Å². The van der Waals surface area contributed by atoms with Crippen LogP contribution in [0.2, 0.25) is 50.4 Å². The van der Waals surface area contributed by atoms with E-state index in [4.69, 9.17) is 0 Å². The molecule has 2 atom stereocenters. The summed E-state index contributed by atoms with van der Waals surface area (Å²) in [5.41, 5.74) is 0.375. The lowest BCUT2D eigenvalue weighted by molar-refractivity contribution is 0.538. The minimum absolute atomic E-state index is 0.187. The van der Waals surface area contributed by atoms with Crippen LogP contribution in [0.25, 0.3) is 0 Å². The zero-order chi connectivity index (χ0) is 17.6. The Kier molecular flexibility index (Phi) is 6.15. The number of rotatable bonds is 5. The van der Waals surface area contributed by atoms with Crippen LogP contribution in [0.3, 0.4) is 0 Å². The highest BCUT2D eigenvalue weighted by Gasteiger charge is 2.63. The monoisotopic (exact) mass is 379 g/mol. The maximum atomic E-state index is 16.8. The molecular weight excluding hydrogens is 342 g/mol. The Morgan fingerprint density at radius 2 is 1.18 bits per heavy atom. The molecule has 1 fully saturated rings. The van der Waals surface area contributed by atoms with Gasteiger partial charge in [0.25, 0.3) is 0 Å². The molecule has 8 heteroatoms. The molecule has 0 amide bonds. The lowest BCUT2D eigenvalue weighted by Gasteiger charge is -2.62. The fourth-order valence-corrected chi connectivity index (χ4v) is 38.8. The van der Waals surface area contributed by atoms with Gasteiger partial charge in [-0.25, -0.2) is 0 Å². The average Bonchev–Trinajstić information content (AvgIpc) is 2.31. The van der Waals surface area contributed by atoms with Crippen molar-refractivity contribution >= 4 is 33.8 Å². The molecule has 0 aliphatic carbocycles. The normalized spacial score (nSPS) is 29.6. The van der Waals surface area contributed by atoms with E-state index >= 15 is 4.11 Å². The summed E-state index contributed by atoms with van der Waals surface area (Å²) >= 11 is 0. The maximum absolute atomic E-state index is 16.8. The largest absolute Gasteiger partial charge is 0.337 e. The highest BCUT2D eigenvalue weighted by Crippen LogP contribution is 2.45. The van der Waals surface area contributed by atoms with Crippen LogP contribution in [0, 0.1) is 0 Å². The third-order valence-corrected chi connectivity index (χ3v) is 30.5. The second-order valence-electron chi connectivity index (χ2n) is 8.67. The van der Waals surface area contributed by atoms with Gasteiger partial charge in [0.05, 0.1) is 0 Å². The van der Waals surface area contributed by atoms with Gasteiger partial charge in [-0.15, -0.1) is 0 Å². The summed E-state index contributed by atoms with van der Waals surface area (Å²) in [7, 11) is -8.58. The molecular formula is C14H38FN3Si4. The second-order valence-corrected chi connectivity index (χ2v) is 26.3. The van der Waals surface area contributed by atoms with Gasteiger partial charge in [-0.05, 0) is 50.4 Å². The van der Waals surface area contributed by atoms with Gasteiger partial charge in [0.15, 0.2) is 25.2 Å². The lowest BCUT2D eigenvalue weighted by atomic mass is 10.4. The molecule has 0 spiro atoms. The van der Waals surface area contributed by atoms with Gasteiger partial charge in [-0.1, -0.05) is 40.5 Å². The lowest BCUT2D eigenvalue weighted by Crippen LogP contribution is -2.92. The third-order valence-electron chi connectivity index (χ3n) is 5.30. The SMILES string of the molecule is CCC(C)[Si](F)(C(C)CC)N1[Si](C)(C)N[Si](C)(C)N[Si]1(C)C. The fraction of sp³-hybridized carbons (Fsp3) is 1.00. The molecule has 0 aromatic carbocycles. The molecule has 3 nitrogen and oxygen atoms in total. The van der Waals surface area contributed by atoms with Gasteiger partial charge >= 0.3 is 8.57 Å². The van der Waals surface area contributed by atoms with Crippen LogP contribution in [0.15, 0.2) is 0 Å². The van der Waals surface area contributed by atoms with Crippen LogP contribution < -0.4 is 9.30 Å². The number of hydrogen-bond acceptors (Lipinski definition) is 3. The van der Waals surface area contributed by atoms with Gasteiger partial charge < -0.3 is 13.2 Å². The van der Waals surface area contributed by atoms with E-state index in [0.717, 1.165) is 12.8 Å². The molecule has 2 unspecified atom stereocenters. The summed E-state index contributed by atoms with van der Waals surface area (Å²) < 4.78 is 27.1. The summed E-state index contributed by atoms with van der Waals surface area (Å²) in [5, 5.41) is 0. The molecule has 1 rings (SSSR count). The molecule has 2 N–H and O–H groups in total. The van der Waals surface area contributed by atoms with E-state index < -0.39 is 33.8 Å². The smallest absolute Gasteiger partial charge is 0.316 e. The van der Waals surface area contributed by atoms with Crippen molar-refractivity contribution in [3.63, 3.8) is 0 Å². The second kappa shape index (κ2) is 6.53. The Hall–Kier alpha value is 0.678. The first-order chi connectivity index (χ1) is 9.74. The van der Waals surface area contributed by atoms with E-state index in [9.17, 15) is 0 Å². The van der Waals surface area contributed by atoms with Gasteiger partial charge in [-0.3, -0.25) is 4.11 Å². The minimum atomic E-state index is -3.03. The summed E-state index contributed by atoms with van der Waals surface area (Å²) in [6, 6.07) is 0. The van der Waals surface area contributed by atoms with Gasteiger partial charge in [-0.2, -0.15) is 0 Å². The first kappa shape index (κ1) is 20.7. The Morgan fingerprint density at radius 3 is 1.45 bits per heavy atom. The molecule has 0 bridgehead atoms. The van der Waals surface area contributed by atoms with Crippen molar-refractivity contribution in [2.24, 2.45) is 0 Å². The quantitative estimate of drug-likeness (QED) is 0.540. The van der Waals surface area contributed by atoms with Crippen LogP contribution in [-0.2, 0) is 0 Å². The van der Waals surface area contributed by atoms with Crippen molar-refractivity contribution in [2.45, 2.75) is 90.9 Å². The average molecular weight is 380 g/mol. The summed E-state index contributed by atoms with van der Waals surface area (Å²) in [6.07, 6.45) is 1.89. The van der Waals surface area contributed by atoms with E-state index in [1.807, 2.05) is 0 Å². The van der Waals surface area contributed by atoms with Gasteiger partial charge in [0.1, 0.15) is 0 Å². The maximum Gasteiger partial charge on any atom is 0.316 e. The number of nitrogens with one attached hydrogen (secondary N) is 2. The summed E-state index contributed by atoms with van der Waals surface area (Å²) in [4.78, 5) is 0. The van der Waals surface area contributed by atoms with Crippen LogP contribution in [0.4, 0.5) is 4.11 Å². The molecule has 1 heterocycles. The molecule has 1 saturated heterocycles. The molecule has 0 saturated carbocycles. The summed E-state index contributed by atoms with van der Waals surface area (Å²) in [5.74, 6) is 0. The van der Waals surface area contributed by atoms with E-state index in [1.165, 1.54) is 0 Å². The molecule has 1 aliphatic heterocycles. The van der Waals surface area contributed by atoms with Crippen molar-refractivity contribution in [3.05, 3.63) is 0 Å². The Bertz CT molecular complexity index is 374. The number of hydrogen-bond donors (Lipinski definition) is 2. The zero-order valence-electron chi connectivity index (χ0n) is 16.4. The van der Waals surface area contributed by atoms with Crippen molar-refractivity contribution in [1.82, 2.24) is 13.2 Å². The zero-order valence-corrected chi connectivity index (χ0v) is 20.4. The Morgan fingerprint density at radius 1 is 0.864 bits per heavy atom. The van der Waals surface area contributed by atoms with Crippen molar-refractivity contribution in [3.8, 4) is 0 Å². The first-order valence-corrected chi connectivity index (χ1v) is 19.7. The Balaban J connectivity index is 3.45. The minimum Gasteiger partial charge on any atom is -0.337 e. The highest BCUT2D eigenvalue weighted by atomic mass is 28.5. The van der Waals surface area contributed by atoms with E-state index in [-0.39, 0.29) is 11.1 Å². The van der Waals surface area contributed by atoms with Crippen molar-refractivity contribution in [1.29, 1.82) is 0 Å². The third kappa shape index (κ3) is 3.67. The van der Waals surface area contributed by atoms with E-state index in [0.29, 0.717) is 0 Å². The molecule has 22 heavy (non-hydrogen) atoms.